The third-order valence-electron chi connectivity index (χ3n) is 5.09. The normalized spacial score (nSPS) is 27.1. The van der Waals surface area contributed by atoms with Crippen LogP contribution in [0.2, 0.25) is 0 Å². The van der Waals surface area contributed by atoms with Crippen molar-refractivity contribution in [2.75, 3.05) is 19.7 Å². The number of benzene rings is 1. The van der Waals surface area contributed by atoms with Crippen molar-refractivity contribution in [1.82, 2.24) is 9.88 Å². The zero-order valence-corrected chi connectivity index (χ0v) is 13.9. The van der Waals surface area contributed by atoms with Crippen molar-refractivity contribution in [3.8, 4) is 0 Å². The summed E-state index contributed by atoms with van der Waals surface area (Å²) in [4.78, 5) is 6.56. The summed E-state index contributed by atoms with van der Waals surface area (Å²) in [5.74, 6) is 0. The lowest BCUT2D eigenvalue weighted by atomic mass is 9.96. The van der Waals surface area contributed by atoms with Gasteiger partial charge in [0.1, 0.15) is 11.7 Å². The quantitative estimate of drug-likeness (QED) is 0.847. The van der Waals surface area contributed by atoms with Gasteiger partial charge in [-0.3, -0.25) is 9.88 Å². The van der Waals surface area contributed by atoms with Crippen molar-refractivity contribution < 1.29 is 9.47 Å². The maximum atomic E-state index is 6.32. The standard InChI is InChI=1S/C20H24N2O2/c1-2-5-18(6-3-1)15-23-19-14-22(13-17-7-10-21-11-8-17)16-20(19)9-4-12-24-20/h1-3,5-8,10-11,19H,4,9,12-16H2/t19-,20-/m0/s1. The van der Waals surface area contributed by atoms with E-state index in [9.17, 15) is 0 Å². The van der Waals surface area contributed by atoms with Gasteiger partial charge in [-0.25, -0.2) is 0 Å². The van der Waals surface area contributed by atoms with Gasteiger partial charge in [0.25, 0.3) is 0 Å². The number of likely N-dealkylation sites (tertiary alicyclic amines) is 1. The van der Waals surface area contributed by atoms with E-state index in [0.29, 0.717) is 6.61 Å². The molecule has 126 valence electrons. The molecule has 24 heavy (non-hydrogen) atoms. The van der Waals surface area contributed by atoms with Crippen LogP contribution >= 0.6 is 0 Å². The molecule has 2 aliphatic rings. The molecule has 0 aliphatic carbocycles. The SMILES string of the molecule is c1ccc(CO[C@H]2CN(Cc3ccncc3)C[C@@]23CCCO3)cc1. The van der Waals surface area contributed by atoms with Crippen molar-refractivity contribution in [2.24, 2.45) is 0 Å². The number of hydrogen-bond donors (Lipinski definition) is 0. The smallest absolute Gasteiger partial charge is 0.108 e. The highest BCUT2D eigenvalue weighted by Crippen LogP contribution is 2.37. The van der Waals surface area contributed by atoms with E-state index >= 15 is 0 Å². The summed E-state index contributed by atoms with van der Waals surface area (Å²) in [7, 11) is 0. The van der Waals surface area contributed by atoms with Crippen LogP contribution < -0.4 is 0 Å². The topological polar surface area (TPSA) is 34.6 Å². The van der Waals surface area contributed by atoms with Gasteiger partial charge in [-0.15, -0.1) is 0 Å². The molecule has 4 rings (SSSR count). The molecule has 2 aromatic rings. The first-order chi connectivity index (χ1) is 11.8. The molecule has 2 aliphatic heterocycles. The monoisotopic (exact) mass is 324 g/mol. The molecule has 0 unspecified atom stereocenters. The summed E-state index contributed by atoms with van der Waals surface area (Å²) in [6.45, 7) is 4.32. The molecular formula is C20H24N2O2. The van der Waals surface area contributed by atoms with Crippen LogP contribution in [-0.4, -0.2) is 41.3 Å². The van der Waals surface area contributed by atoms with Crippen LogP contribution in [0.4, 0.5) is 0 Å². The summed E-state index contributed by atoms with van der Waals surface area (Å²) >= 11 is 0. The molecule has 2 fully saturated rings. The van der Waals surface area contributed by atoms with Gasteiger partial charge in [0.05, 0.1) is 6.61 Å². The molecule has 2 atom stereocenters. The zero-order valence-electron chi connectivity index (χ0n) is 13.9. The molecular weight excluding hydrogens is 300 g/mol. The fourth-order valence-electron chi connectivity index (χ4n) is 3.89. The van der Waals surface area contributed by atoms with Crippen LogP contribution in [0.1, 0.15) is 24.0 Å². The molecule has 4 nitrogen and oxygen atoms in total. The molecule has 0 amide bonds. The summed E-state index contributed by atoms with van der Waals surface area (Å²) in [5, 5.41) is 0. The van der Waals surface area contributed by atoms with Gasteiger partial charge < -0.3 is 9.47 Å². The number of aromatic nitrogens is 1. The van der Waals surface area contributed by atoms with E-state index in [1.165, 1.54) is 11.1 Å². The van der Waals surface area contributed by atoms with E-state index < -0.39 is 0 Å². The maximum Gasteiger partial charge on any atom is 0.108 e. The molecule has 2 saturated heterocycles. The number of ether oxygens (including phenoxy) is 2. The average Bonchev–Trinajstić information content (AvgIpc) is 3.22. The predicted octanol–water partition coefficient (Wildman–Crippen LogP) is 3.03. The average molecular weight is 324 g/mol. The Morgan fingerprint density at radius 2 is 1.96 bits per heavy atom. The molecule has 3 heterocycles. The van der Waals surface area contributed by atoms with Crippen LogP contribution in [-0.2, 0) is 22.6 Å². The number of rotatable bonds is 5. The summed E-state index contributed by atoms with van der Waals surface area (Å²) in [6.07, 6.45) is 6.09. The molecule has 1 aromatic carbocycles. The predicted molar refractivity (Wildman–Crippen MR) is 92.5 cm³/mol. The fraction of sp³-hybridized carbons (Fsp3) is 0.450. The van der Waals surface area contributed by atoms with Crippen molar-refractivity contribution >= 4 is 0 Å². The van der Waals surface area contributed by atoms with Crippen molar-refractivity contribution in [3.05, 3.63) is 66.0 Å². The molecule has 0 saturated carbocycles. The first-order valence-corrected chi connectivity index (χ1v) is 8.75. The van der Waals surface area contributed by atoms with Gasteiger partial charge in [-0.1, -0.05) is 30.3 Å². The molecule has 1 spiro atoms. The second kappa shape index (κ2) is 7.01. The van der Waals surface area contributed by atoms with Crippen molar-refractivity contribution in [3.63, 3.8) is 0 Å². The zero-order chi connectivity index (χ0) is 16.2. The van der Waals surface area contributed by atoms with E-state index in [1.54, 1.807) is 0 Å². The van der Waals surface area contributed by atoms with Gasteiger partial charge in [0, 0.05) is 38.6 Å². The second-order valence-electron chi connectivity index (χ2n) is 6.83. The lowest BCUT2D eigenvalue weighted by Crippen LogP contribution is -2.42. The van der Waals surface area contributed by atoms with Crippen molar-refractivity contribution in [1.29, 1.82) is 0 Å². The van der Waals surface area contributed by atoms with Gasteiger partial charge in [-0.2, -0.15) is 0 Å². The minimum atomic E-state index is -0.123. The van der Waals surface area contributed by atoms with Gasteiger partial charge >= 0.3 is 0 Å². The summed E-state index contributed by atoms with van der Waals surface area (Å²) < 4.78 is 12.5. The van der Waals surface area contributed by atoms with Crippen LogP contribution in [0, 0.1) is 0 Å². The molecule has 4 heteroatoms. The third-order valence-corrected chi connectivity index (χ3v) is 5.09. The largest absolute Gasteiger partial charge is 0.371 e. The molecule has 1 aromatic heterocycles. The maximum absolute atomic E-state index is 6.32. The van der Waals surface area contributed by atoms with Crippen LogP contribution in [0.15, 0.2) is 54.9 Å². The highest BCUT2D eigenvalue weighted by molar-refractivity contribution is 5.14. The van der Waals surface area contributed by atoms with Gasteiger partial charge in [-0.05, 0) is 36.1 Å². The lowest BCUT2D eigenvalue weighted by Gasteiger charge is -2.29. The fourth-order valence-corrected chi connectivity index (χ4v) is 3.89. The van der Waals surface area contributed by atoms with E-state index in [-0.39, 0.29) is 11.7 Å². The number of pyridine rings is 1. The van der Waals surface area contributed by atoms with E-state index in [0.717, 1.165) is 39.1 Å². The molecule has 0 bridgehead atoms. The third kappa shape index (κ3) is 3.36. The first-order valence-electron chi connectivity index (χ1n) is 8.75. The van der Waals surface area contributed by atoms with E-state index in [1.807, 2.05) is 18.5 Å². The minimum Gasteiger partial charge on any atom is -0.371 e. The molecule has 0 radical (unpaired) electrons. The number of nitrogens with zero attached hydrogens (tertiary/aromatic N) is 2. The van der Waals surface area contributed by atoms with Crippen molar-refractivity contribution in [2.45, 2.75) is 37.7 Å². The lowest BCUT2D eigenvalue weighted by molar-refractivity contribution is -0.0959. The van der Waals surface area contributed by atoms with Crippen LogP contribution in [0.25, 0.3) is 0 Å². The Morgan fingerprint density at radius 3 is 2.71 bits per heavy atom. The van der Waals surface area contributed by atoms with E-state index in [2.05, 4.69) is 46.3 Å². The highest BCUT2D eigenvalue weighted by atomic mass is 16.6. The Kier molecular flexibility index (Phi) is 4.60. The Hall–Kier alpha value is -1.75. The van der Waals surface area contributed by atoms with E-state index in [4.69, 9.17) is 9.47 Å². The second-order valence-corrected chi connectivity index (χ2v) is 6.83. The van der Waals surface area contributed by atoms with Crippen LogP contribution in [0.3, 0.4) is 0 Å². The Bertz CT molecular complexity index is 641. The summed E-state index contributed by atoms with van der Waals surface area (Å²) in [5.41, 5.74) is 2.39. The van der Waals surface area contributed by atoms with Crippen LogP contribution in [0.5, 0.6) is 0 Å². The summed E-state index contributed by atoms with van der Waals surface area (Å²) in [6, 6.07) is 14.6. The van der Waals surface area contributed by atoms with Gasteiger partial charge in [0.2, 0.25) is 0 Å². The first kappa shape index (κ1) is 15.8. The number of hydrogen-bond acceptors (Lipinski definition) is 4. The highest BCUT2D eigenvalue weighted by Gasteiger charge is 2.50. The minimum absolute atomic E-state index is 0.123. The molecule has 0 N–H and O–H groups in total. The van der Waals surface area contributed by atoms with Gasteiger partial charge in [0.15, 0.2) is 0 Å². The Morgan fingerprint density at radius 1 is 1.12 bits per heavy atom. The Balaban J connectivity index is 1.43. The Labute approximate surface area is 143 Å².